The maximum Gasteiger partial charge on any atom is 0.319 e. The summed E-state index contributed by atoms with van der Waals surface area (Å²) in [5.41, 5.74) is 1.13. The fraction of sp³-hybridized carbons (Fsp3) is 0.680. The number of nitrogens with one attached hydrogen (secondary N) is 2. The quantitative estimate of drug-likeness (QED) is 0.502. The predicted molar refractivity (Wildman–Crippen MR) is 138 cm³/mol. The molecule has 0 unspecified atom stereocenters. The van der Waals surface area contributed by atoms with Gasteiger partial charge in [-0.25, -0.2) is 17.5 Å². The van der Waals surface area contributed by atoms with E-state index in [4.69, 9.17) is 4.74 Å². The van der Waals surface area contributed by atoms with Gasteiger partial charge in [-0.3, -0.25) is 4.79 Å². The van der Waals surface area contributed by atoms with Crippen LogP contribution in [0.25, 0.3) is 0 Å². The van der Waals surface area contributed by atoms with Gasteiger partial charge in [0.15, 0.2) is 0 Å². The average molecular weight is 525 g/mol. The third-order valence-electron chi connectivity index (χ3n) is 7.12. The zero-order chi connectivity index (χ0) is 26.5. The monoisotopic (exact) mass is 524 g/mol. The van der Waals surface area contributed by atoms with E-state index >= 15 is 0 Å². The maximum atomic E-state index is 13.3. The number of benzene rings is 1. The van der Waals surface area contributed by atoms with Gasteiger partial charge in [-0.1, -0.05) is 26.2 Å². The lowest BCUT2D eigenvalue weighted by molar-refractivity contribution is -0.134. The molecule has 0 bridgehead atoms. The molecule has 3 amide bonds. The van der Waals surface area contributed by atoms with Crippen LogP contribution in [0.2, 0.25) is 0 Å². The lowest BCUT2D eigenvalue weighted by Crippen LogP contribution is -2.48. The number of nitrogens with zero attached hydrogens (tertiary/aromatic N) is 2. The molecule has 0 radical (unpaired) electrons. The Morgan fingerprint density at radius 1 is 1.28 bits per heavy atom. The highest BCUT2D eigenvalue weighted by atomic mass is 32.2. The normalized spacial score (nSPS) is 22.6. The van der Waals surface area contributed by atoms with Crippen LogP contribution in [0, 0.1) is 5.92 Å². The number of hydrogen-bond donors (Lipinski definition) is 3. The zero-order valence-electron chi connectivity index (χ0n) is 21.7. The number of hydrogen-bond acceptors (Lipinski definition) is 6. The summed E-state index contributed by atoms with van der Waals surface area (Å²) in [5.74, 6) is 0.0881. The second-order valence-electron chi connectivity index (χ2n) is 10.2. The first-order valence-corrected chi connectivity index (χ1v) is 14.5. The standard InChI is InChI=1S/C25H40N4O6S/c1-17-14-29(18(2)16-30)24(31)13-19-12-21(27-25(32)26-20-8-6-5-7-9-20)10-11-22(19)35-23(17)15-28(3)36(4,33)34/h10-12,17-18,20,23,30H,5-9,13-16H2,1-4H3,(H2,26,27,32)/t17-,18+,23+/m0/s1. The average Bonchev–Trinajstić information content (AvgIpc) is 2.86. The summed E-state index contributed by atoms with van der Waals surface area (Å²) in [7, 11) is -1.94. The smallest absolute Gasteiger partial charge is 0.319 e. The SMILES string of the molecule is C[C@H](CO)N1C[C@H](C)[C@@H](CN(C)S(C)(=O)=O)Oc2ccc(NC(=O)NC3CCCCC3)cc2CC1=O. The Morgan fingerprint density at radius 3 is 2.61 bits per heavy atom. The van der Waals surface area contributed by atoms with Crippen molar-refractivity contribution in [3.8, 4) is 5.75 Å². The third kappa shape index (κ3) is 7.57. The Bertz CT molecular complexity index is 1030. The van der Waals surface area contributed by atoms with Gasteiger partial charge < -0.3 is 25.4 Å². The Kier molecular flexibility index (Phi) is 9.59. The van der Waals surface area contributed by atoms with E-state index in [-0.39, 0.29) is 43.5 Å². The Hall–Kier alpha value is -2.37. The topological polar surface area (TPSA) is 128 Å². The minimum absolute atomic E-state index is 0.0286. The minimum Gasteiger partial charge on any atom is -0.488 e. The second kappa shape index (κ2) is 12.2. The number of carbonyl (C=O) groups excluding carboxylic acids is 2. The summed E-state index contributed by atoms with van der Waals surface area (Å²) in [6, 6.07) is 4.63. The highest BCUT2D eigenvalue weighted by Gasteiger charge is 2.32. The number of aliphatic hydroxyl groups excluding tert-OH is 1. The molecule has 1 heterocycles. The first-order chi connectivity index (χ1) is 17.0. The van der Waals surface area contributed by atoms with Crippen molar-refractivity contribution in [3.63, 3.8) is 0 Å². The number of aliphatic hydroxyl groups is 1. The van der Waals surface area contributed by atoms with E-state index in [0.29, 0.717) is 23.5 Å². The number of anilines is 1. The molecule has 3 N–H and O–H groups in total. The van der Waals surface area contributed by atoms with E-state index in [1.165, 1.54) is 17.8 Å². The number of ether oxygens (including phenoxy) is 1. The molecule has 1 aromatic carbocycles. The molecular formula is C25H40N4O6S. The van der Waals surface area contributed by atoms with Crippen molar-refractivity contribution < 1.29 is 27.9 Å². The highest BCUT2D eigenvalue weighted by Crippen LogP contribution is 2.29. The molecule has 3 rings (SSSR count). The van der Waals surface area contributed by atoms with Gasteiger partial charge in [-0.15, -0.1) is 0 Å². The zero-order valence-corrected chi connectivity index (χ0v) is 22.5. The van der Waals surface area contributed by atoms with Crippen LogP contribution in [-0.4, -0.2) is 85.9 Å². The van der Waals surface area contributed by atoms with Crippen LogP contribution >= 0.6 is 0 Å². The summed E-state index contributed by atoms with van der Waals surface area (Å²) < 4.78 is 31.7. The van der Waals surface area contributed by atoms with Crippen molar-refractivity contribution in [3.05, 3.63) is 23.8 Å². The van der Waals surface area contributed by atoms with E-state index in [1.807, 2.05) is 6.92 Å². The van der Waals surface area contributed by atoms with Crippen molar-refractivity contribution in [1.82, 2.24) is 14.5 Å². The molecule has 2 aliphatic rings. The summed E-state index contributed by atoms with van der Waals surface area (Å²) in [4.78, 5) is 27.4. The molecule has 11 heteroatoms. The molecule has 0 aromatic heterocycles. The van der Waals surface area contributed by atoms with Crippen molar-refractivity contribution in [2.45, 2.75) is 70.6 Å². The van der Waals surface area contributed by atoms with Crippen molar-refractivity contribution in [1.29, 1.82) is 0 Å². The number of sulfonamides is 1. The highest BCUT2D eigenvalue weighted by molar-refractivity contribution is 7.88. The number of urea groups is 1. The van der Waals surface area contributed by atoms with Gasteiger partial charge in [0.05, 0.1) is 31.9 Å². The molecule has 10 nitrogen and oxygen atoms in total. The minimum atomic E-state index is -3.43. The number of rotatable bonds is 7. The molecule has 1 aromatic rings. The molecule has 36 heavy (non-hydrogen) atoms. The van der Waals surface area contributed by atoms with E-state index in [9.17, 15) is 23.1 Å². The Morgan fingerprint density at radius 2 is 1.97 bits per heavy atom. The van der Waals surface area contributed by atoms with Gasteiger partial charge in [0.25, 0.3) is 0 Å². The van der Waals surface area contributed by atoms with Crippen LogP contribution in [0.15, 0.2) is 18.2 Å². The Labute approximate surface area is 214 Å². The van der Waals surface area contributed by atoms with Crippen molar-refractivity contribution in [2.75, 3.05) is 38.3 Å². The molecule has 1 aliphatic carbocycles. The van der Waals surface area contributed by atoms with Crippen LogP contribution in [0.1, 0.15) is 51.5 Å². The van der Waals surface area contributed by atoms with Gasteiger partial charge in [-0.05, 0) is 38.0 Å². The van der Waals surface area contributed by atoms with Crippen LogP contribution in [0.5, 0.6) is 5.75 Å². The van der Waals surface area contributed by atoms with Gasteiger partial charge >= 0.3 is 6.03 Å². The lowest BCUT2D eigenvalue weighted by Gasteiger charge is -2.33. The summed E-state index contributed by atoms with van der Waals surface area (Å²) >= 11 is 0. The number of likely N-dealkylation sites (N-methyl/N-ethyl adjacent to an activating group) is 1. The van der Waals surface area contributed by atoms with Gasteiger partial charge in [0.2, 0.25) is 15.9 Å². The molecule has 1 aliphatic heterocycles. The van der Waals surface area contributed by atoms with E-state index in [2.05, 4.69) is 10.6 Å². The molecule has 0 saturated heterocycles. The van der Waals surface area contributed by atoms with Gasteiger partial charge in [0, 0.05) is 36.8 Å². The first kappa shape index (κ1) is 28.2. The number of amides is 3. The Balaban J connectivity index is 1.86. The number of fused-ring (bicyclic) bond motifs is 1. The fourth-order valence-electron chi connectivity index (χ4n) is 4.71. The third-order valence-corrected chi connectivity index (χ3v) is 8.40. The van der Waals surface area contributed by atoms with Crippen LogP contribution in [0.4, 0.5) is 10.5 Å². The number of carbonyl (C=O) groups is 2. The predicted octanol–water partition coefficient (Wildman–Crippen LogP) is 2.18. The molecular weight excluding hydrogens is 484 g/mol. The van der Waals surface area contributed by atoms with Crippen molar-refractivity contribution in [2.24, 2.45) is 5.92 Å². The van der Waals surface area contributed by atoms with Crippen molar-refractivity contribution >= 4 is 27.6 Å². The summed E-state index contributed by atoms with van der Waals surface area (Å²) in [6.45, 7) is 3.91. The lowest BCUT2D eigenvalue weighted by atomic mass is 9.96. The molecule has 0 spiro atoms. The van der Waals surface area contributed by atoms with Crippen LogP contribution < -0.4 is 15.4 Å². The second-order valence-corrected chi connectivity index (χ2v) is 12.3. The molecule has 1 saturated carbocycles. The molecule has 3 atom stereocenters. The van der Waals surface area contributed by atoms with Gasteiger partial charge in [-0.2, -0.15) is 0 Å². The largest absolute Gasteiger partial charge is 0.488 e. The summed E-state index contributed by atoms with van der Waals surface area (Å²) in [5, 5.41) is 15.6. The fourth-order valence-corrected chi connectivity index (χ4v) is 5.13. The van der Waals surface area contributed by atoms with Crippen LogP contribution in [0.3, 0.4) is 0 Å². The van der Waals surface area contributed by atoms with E-state index < -0.39 is 22.2 Å². The van der Waals surface area contributed by atoms with Gasteiger partial charge in [0.1, 0.15) is 11.9 Å². The summed E-state index contributed by atoms with van der Waals surface area (Å²) in [6.07, 6.45) is 6.00. The van der Waals surface area contributed by atoms with Crippen LogP contribution in [-0.2, 0) is 21.2 Å². The van der Waals surface area contributed by atoms with E-state index in [0.717, 1.165) is 31.9 Å². The maximum absolute atomic E-state index is 13.3. The first-order valence-electron chi connectivity index (χ1n) is 12.7. The van der Waals surface area contributed by atoms with E-state index in [1.54, 1.807) is 30.0 Å². The molecule has 1 fully saturated rings. The molecule has 202 valence electrons.